The molecule has 208 valence electrons. The molecule has 3 aromatic carbocycles. The maximum Gasteiger partial charge on any atom is 0.416 e. The fraction of sp³-hybridized carbons (Fsp3) is 0.231. The maximum atomic E-state index is 14.4. The minimum atomic E-state index is -4.84. The first kappa shape index (κ1) is 29.9. The molecule has 0 spiro atoms. The van der Waals surface area contributed by atoms with Crippen molar-refractivity contribution in [2.75, 3.05) is 17.9 Å². The lowest BCUT2D eigenvalue weighted by atomic mass is 10.1. The van der Waals surface area contributed by atoms with E-state index in [1.807, 2.05) is 0 Å². The summed E-state index contributed by atoms with van der Waals surface area (Å²) in [6, 6.07) is 13.1. The van der Waals surface area contributed by atoms with E-state index >= 15 is 0 Å². The van der Waals surface area contributed by atoms with Gasteiger partial charge in [-0.05, 0) is 43.3 Å². The molecule has 0 aliphatic heterocycles. The van der Waals surface area contributed by atoms with Crippen LogP contribution in [0.15, 0.2) is 77.7 Å². The molecule has 3 rings (SSSR count). The van der Waals surface area contributed by atoms with E-state index in [2.05, 4.69) is 5.32 Å². The van der Waals surface area contributed by atoms with Gasteiger partial charge in [0.15, 0.2) is 0 Å². The third-order valence-electron chi connectivity index (χ3n) is 5.86. The Hall–Kier alpha value is -3.64. The number of likely N-dealkylation sites (N-methyl/N-ethyl adjacent to an activating group) is 1. The first-order chi connectivity index (χ1) is 18.3. The number of amides is 2. The van der Waals surface area contributed by atoms with E-state index < -0.39 is 64.2 Å². The number of halogens is 5. The fourth-order valence-corrected chi connectivity index (χ4v) is 5.43. The fourth-order valence-electron chi connectivity index (χ4n) is 3.71. The average molecular weight is 586 g/mol. The van der Waals surface area contributed by atoms with Crippen LogP contribution in [0.25, 0.3) is 0 Å². The Morgan fingerprint density at radius 3 is 2.21 bits per heavy atom. The van der Waals surface area contributed by atoms with Crippen LogP contribution < -0.4 is 9.62 Å². The van der Waals surface area contributed by atoms with Crippen LogP contribution >= 0.6 is 11.6 Å². The summed E-state index contributed by atoms with van der Waals surface area (Å²) in [4.78, 5) is 26.7. The van der Waals surface area contributed by atoms with Gasteiger partial charge < -0.3 is 10.2 Å². The van der Waals surface area contributed by atoms with Crippen LogP contribution in [0.5, 0.6) is 0 Å². The topological polar surface area (TPSA) is 86.8 Å². The van der Waals surface area contributed by atoms with Crippen LogP contribution in [0.1, 0.15) is 18.1 Å². The largest absolute Gasteiger partial charge is 0.416 e. The van der Waals surface area contributed by atoms with Crippen LogP contribution in [-0.4, -0.2) is 44.8 Å². The molecule has 0 aliphatic rings. The standard InChI is InChI=1S/C26H24ClF4N3O4S/c1-17(25(36)32-2)33(15-18-8-6-7-11-22(18)28)24(35)16-34(39(37,38)20-9-4-3-5-10-20)23-14-19(26(29,30)31)12-13-21(23)27/h3-14,17H,15-16H2,1-2H3,(H,32,36)/t17-/m0/s1. The molecule has 0 fully saturated rings. The van der Waals surface area contributed by atoms with Gasteiger partial charge in [0.25, 0.3) is 10.0 Å². The third kappa shape index (κ3) is 6.87. The first-order valence-electron chi connectivity index (χ1n) is 11.5. The molecule has 0 saturated carbocycles. The van der Waals surface area contributed by atoms with Crippen molar-refractivity contribution in [2.45, 2.75) is 30.6 Å². The molecule has 0 saturated heterocycles. The van der Waals surface area contributed by atoms with Gasteiger partial charge in [0.2, 0.25) is 11.8 Å². The van der Waals surface area contributed by atoms with E-state index in [-0.39, 0.29) is 15.5 Å². The van der Waals surface area contributed by atoms with E-state index in [1.165, 1.54) is 62.5 Å². The van der Waals surface area contributed by atoms with Gasteiger partial charge in [-0.15, -0.1) is 0 Å². The Morgan fingerprint density at radius 1 is 1.00 bits per heavy atom. The van der Waals surface area contributed by atoms with Gasteiger partial charge in [-0.1, -0.05) is 48.0 Å². The van der Waals surface area contributed by atoms with Gasteiger partial charge in [-0.2, -0.15) is 13.2 Å². The Bertz CT molecular complexity index is 1450. The van der Waals surface area contributed by atoms with Crippen LogP contribution in [0.2, 0.25) is 5.02 Å². The van der Waals surface area contributed by atoms with Gasteiger partial charge in [-0.3, -0.25) is 13.9 Å². The number of hydrogen-bond donors (Lipinski definition) is 1. The van der Waals surface area contributed by atoms with E-state index in [1.54, 1.807) is 0 Å². The molecule has 2 amide bonds. The maximum absolute atomic E-state index is 14.4. The minimum absolute atomic E-state index is 0.0381. The second kappa shape index (κ2) is 12.0. The molecule has 0 heterocycles. The molecule has 1 atom stereocenters. The van der Waals surface area contributed by atoms with Crippen molar-refractivity contribution >= 4 is 39.1 Å². The zero-order valence-electron chi connectivity index (χ0n) is 20.7. The summed E-state index contributed by atoms with van der Waals surface area (Å²) in [5, 5.41) is 2.00. The molecule has 0 unspecified atom stereocenters. The molecule has 0 radical (unpaired) electrons. The molecule has 0 aliphatic carbocycles. The number of rotatable bonds is 9. The van der Waals surface area contributed by atoms with Crippen LogP contribution in [-0.2, 0) is 32.3 Å². The third-order valence-corrected chi connectivity index (χ3v) is 7.96. The lowest BCUT2D eigenvalue weighted by molar-refractivity contribution is -0.139. The molecular weight excluding hydrogens is 562 g/mol. The summed E-state index contributed by atoms with van der Waals surface area (Å²) >= 11 is 6.17. The Kier molecular flexibility index (Phi) is 9.23. The van der Waals surface area contributed by atoms with Crippen molar-refractivity contribution in [3.63, 3.8) is 0 Å². The van der Waals surface area contributed by atoms with Crippen molar-refractivity contribution in [2.24, 2.45) is 0 Å². The number of benzene rings is 3. The number of sulfonamides is 1. The SMILES string of the molecule is CNC(=O)[C@H](C)N(Cc1ccccc1F)C(=O)CN(c1cc(C(F)(F)F)ccc1Cl)S(=O)(=O)c1ccccc1. The smallest absolute Gasteiger partial charge is 0.357 e. The highest BCUT2D eigenvalue weighted by molar-refractivity contribution is 7.92. The van der Waals surface area contributed by atoms with Crippen LogP contribution in [0.4, 0.5) is 23.2 Å². The normalized spacial score (nSPS) is 12.5. The van der Waals surface area contributed by atoms with Gasteiger partial charge in [0, 0.05) is 19.2 Å². The summed E-state index contributed by atoms with van der Waals surface area (Å²) in [7, 11) is -3.32. The Labute approximate surface area is 228 Å². The number of carbonyl (C=O) groups is 2. The molecule has 0 bridgehead atoms. The van der Waals surface area contributed by atoms with E-state index in [9.17, 15) is 35.6 Å². The van der Waals surface area contributed by atoms with Gasteiger partial charge in [-0.25, -0.2) is 12.8 Å². The highest BCUT2D eigenvalue weighted by Crippen LogP contribution is 2.37. The van der Waals surface area contributed by atoms with Crippen molar-refractivity contribution in [1.82, 2.24) is 10.2 Å². The molecule has 3 aromatic rings. The van der Waals surface area contributed by atoms with E-state index in [0.29, 0.717) is 16.4 Å². The highest BCUT2D eigenvalue weighted by atomic mass is 35.5. The zero-order valence-corrected chi connectivity index (χ0v) is 22.3. The average Bonchev–Trinajstić information content (AvgIpc) is 2.90. The van der Waals surface area contributed by atoms with Crippen molar-refractivity contribution < 1.29 is 35.6 Å². The molecule has 0 aromatic heterocycles. The number of hydrogen-bond acceptors (Lipinski definition) is 4. The Balaban J connectivity index is 2.14. The molecule has 13 heteroatoms. The number of nitrogens with zero attached hydrogens (tertiary/aromatic N) is 2. The summed E-state index contributed by atoms with van der Waals surface area (Å²) < 4.78 is 82.8. The lowest BCUT2D eigenvalue weighted by Gasteiger charge is -2.32. The van der Waals surface area contributed by atoms with Gasteiger partial charge >= 0.3 is 6.18 Å². The second-order valence-electron chi connectivity index (χ2n) is 8.39. The first-order valence-corrected chi connectivity index (χ1v) is 13.3. The number of nitrogens with one attached hydrogen (secondary N) is 1. The van der Waals surface area contributed by atoms with Crippen LogP contribution in [0, 0.1) is 5.82 Å². The highest BCUT2D eigenvalue weighted by Gasteiger charge is 2.36. The number of carbonyl (C=O) groups excluding carboxylic acids is 2. The molecule has 39 heavy (non-hydrogen) atoms. The summed E-state index contributed by atoms with van der Waals surface area (Å²) in [5.41, 5.74) is -1.75. The summed E-state index contributed by atoms with van der Waals surface area (Å²) in [5.74, 6) is -2.29. The quantitative estimate of drug-likeness (QED) is 0.364. The molecule has 7 nitrogen and oxygen atoms in total. The second-order valence-corrected chi connectivity index (χ2v) is 10.7. The van der Waals surface area contributed by atoms with Crippen molar-refractivity contribution in [3.05, 3.63) is 94.8 Å². The summed E-state index contributed by atoms with van der Waals surface area (Å²) in [6.07, 6.45) is -4.84. The summed E-state index contributed by atoms with van der Waals surface area (Å²) in [6.45, 7) is -0.103. The molecular formula is C26H24ClF4N3O4S. The van der Waals surface area contributed by atoms with E-state index in [0.717, 1.165) is 17.0 Å². The monoisotopic (exact) mass is 585 g/mol. The number of anilines is 1. The van der Waals surface area contributed by atoms with Gasteiger partial charge in [0.1, 0.15) is 18.4 Å². The van der Waals surface area contributed by atoms with Crippen molar-refractivity contribution in [1.29, 1.82) is 0 Å². The Morgan fingerprint density at radius 2 is 1.62 bits per heavy atom. The minimum Gasteiger partial charge on any atom is -0.357 e. The predicted octanol–water partition coefficient (Wildman–Crippen LogP) is 4.86. The van der Waals surface area contributed by atoms with Gasteiger partial charge in [0.05, 0.1) is 21.2 Å². The number of alkyl halides is 3. The lowest BCUT2D eigenvalue weighted by Crippen LogP contribution is -2.50. The van der Waals surface area contributed by atoms with Crippen molar-refractivity contribution in [3.8, 4) is 0 Å². The predicted molar refractivity (Wildman–Crippen MR) is 138 cm³/mol. The van der Waals surface area contributed by atoms with Crippen LogP contribution in [0.3, 0.4) is 0 Å². The molecule has 1 N–H and O–H groups in total. The zero-order chi connectivity index (χ0) is 29.0. The van der Waals surface area contributed by atoms with E-state index in [4.69, 9.17) is 11.6 Å².